The highest BCUT2D eigenvalue weighted by Crippen LogP contribution is 2.24. The molecule has 3 N–H and O–H groups in total. The lowest BCUT2D eigenvalue weighted by Gasteiger charge is -2.40. The monoisotopic (exact) mass is 209 g/mol. The van der Waals surface area contributed by atoms with Gasteiger partial charge in [0.25, 0.3) is 0 Å². The van der Waals surface area contributed by atoms with Crippen molar-refractivity contribution in [2.24, 2.45) is 5.73 Å². The molecule has 15 heavy (non-hydrogen) atoms. The van der Waals surface area contributed by atoms with E-state index in [4.69, 9.17) is 5.73 Å². The summed E-state index contributed by atoms with van der Waals surface area (Å²) >= 11 is 0. The number of aliphatic hydroxyl groups excluding tert-OH is 1. The van der Waals surface area contributed by atoms with Crippen molar-refractivity contribution >= 4 is 0 Å². The first kappa shape index (κ1) is 10.4. The molecule has 4 nitrogen and oxygen atoms in total. The van der Waals surface area contributed by atoms with Gasteiger partial charge < -0.3 is 20.6 Å². The number of aliphatic hydroxyl groups is 1. The molecule has 2 aliphatic rings. The molecule has 2 heterocycles. The average molecular weight is 209 g/mol. The van der Waals surface area contributed by atoms with Gasteiger partial charge in [0.05, 0.1) is 11.4 Å². The second kappa shape index (κ2) is 3.77. The van der Waals surface area contributed by atoms with Gasteiger partial charge in [0.1, 0.15) is 0 Å². The molecule has 0 bridgehead atoms. The normalized spacial score (nSPS) is 26.3. The summed E-state index contributed by atoms with van der Waals surface area (Å²) in [4.78, 5) is 4.16. The molecule has 2 aliphatic heterocycles. The van der Waals surface area contributed by atoms with Crippen molar-refractivity contribution in [1.82, 2.24) is 9.80 Å². The van der Waals surface area contributed by atoms with Gasteiger partial charge in [0.2, 0.25) is 0 Å². The molecule has 0 aromatic rings. The van der Waals surface area contributed by atoms with Crippen LogP contribution >= 0.6 is 0 Å². The minimum absolute atomic E-state index is 0.253. The zero-order valence-corrected chi connectivity index (χ0v) is 9.35. The number of hydrogen-bond donors (Lipinski definition) is 2. The van der Waals surface area contributed by atoms with Gasteiger partial charge in [-0.25, -0.2) is 0 Å². The van der Waals surface area contributed by atoms with Crippen molar-refractivity contribution in [2.75, 3.05) is 13.1 Å². The van der Waals surface area contributed by atoms with Gasteiger partial charge in [-0.1, -0.05) is 0 Å². The van der Waals surface area contributed by atoms with Crippen LogP contribution in [-0.4, -0.2) is 40.3 Å². The smallest absolute Gasteiger partial charge is 0.167 e. The summed E-state index contributed by atoms with van der Waals surface area (Å²) < 4.78 is 0. The van der Waals surface area contributed by atoms with E-state index >= 15 is 0 Å². The van der Waals surface area contributed by atoms with Crippen LogP contribution in [0.3, 0.4) is 0 Å². The maximum atomic E-state index is 9.87. The lowest BCUT2D eigenvalue weighted by Crippen LogP contribution is -2.45. The van der Waals surface area contributed by atoms with Gasteiger partial charge in [0.15, 0.2) is 6.23 Å². The van der Waals surface area contributed by atoms with Crippen LogP contribution in [0.1, 0.15) is 20.3 Å². The molecular formula is C11H19N3O. The van der Waals surface area contributed by atoms with Crippen LogP contribution in [0.25, 0.3) is 0 Å². The van der Waals surface area contributed by atoms with E-state index in [-0.39, 0.29) is 6.04 Å². The van der Waals surface area contributed by atoms with Crippen LogP contribution in [0.4, 0.5) is 0 Å². The van der Waals surface area contributed by atoms with Crippen molar-refractivity contribution in [3.05, 3.63) is 23.7 Å². The summed E-state index contributed by atoms with van der Waals surface area (Å²) in [6.07, 6.45) is 4.46. The van der Waals surface area contributed by atoms with Crippen molar-refractivity contribution < 1.29 is 5.11 Å². The number of hydrogen-bond acceptors (Lipinski definition) is 4. The van der Waals surface area contributed by atoms with Crippen molar-refractivity contribution in [2.45, 2.75) is 32.5 Å². The van der Waals surface area contributed by atoms with Gasteiger partial charge in [-0.05, 0) is 26.3 Å². The number of likely N-dealkylation sites (tertiary alicyclic amines) is 1. The predicted molar refractivity (Wildman–Crippen MR) is 59.5 cm³/mol. The van der Waals surface area contributed by atoms with Crippen LogP contribution in [0.15, 0.2) is 23.7 Å². The summed E-state index contributed by atoms with van der Waals surface area (Å²) in [5.74, 6) is 0. The molecule has 84 valence electrons. The molecule has 1 atom stereocenters. The predicted octanol–water partition coefficient (Wildman–Crippen LogP) is 0.419. The Kier molecular flexibility index (Phi) is 2.61. The molecule has 0 spiro atoms. The summed E-state index contributed by atoms with van der Waals surface area (Å²) in [5.41, 5.74) is 7.47. The highest BCUT2D eigenvalue weighted by Gasteiger charge is 2.26. The van der Waals surface area contributed by atoms with Crippen LogP contribution in [0.5, 0.6) is 0 Å². The Morgan fingerprint density at radius 3 is 2.60 bits per heavy atom. The Morgan fingerprint density at radius 1 is 1.47 bits per heavy atom. The Hall–Kier alpha value is -1.16. The maximum absolute atomic E-state index is 9.87. The standard InChI is InChI=1S/C11H19N3O/c1-8(2)14-7-9(13-4-3-5-13)6-10(12)11(14)15/h6-8,11,15H,3-5,12H2,1-2H3. The van der Waals surface area contributed by atoms with Crippen molar-refractivity contribution in [1.29, 1.82) is 0 Å². The fourth-order valence-corrected chi connectivity index (χ4v) is 1.86. The third-order valence-corrected chi connectivity index (χ3v) is 2.99. The third kappa shape index (κ3) is 1.81. The molecule has 2 rings (SSSR count). The molecule has 1 fully saturated rings. The van der Waals surface area contributed by atoms with Crippen LogP contribution in [-0.2, 0) is 0 Å². The quantitative estimate of drug-likeness (QED) is 0.692. The highest BCUT2D eigenvalue weighted by molar-refractivity contribution is 5.28. The van der Waals surface area contributed by atoms with E-state index in [1.807, 2.05) is 31.0 Å². The highest BCUT2D eigenvalue weighted by atomic mass is 16.3. The minimum atomic E-state index is -0.671. The fourth-order valence-electron chi connectivity index (χ4n) is 1.86. The van der Waals surface area contributed by atoms with Gasteiger partial charge >= 0.3 is 0 Å². The summed E-state index contributed by atoms with van der Waals surface area (Å²) in [6.45, 7) is 6.29. The topological polar surface area (TPSA) is 52.7 Å². The number of nitrogens with two attached hydrogens (primary N) is 1. The maximum Gasteiger partial charge on any atom is 0.167 e. The number of rotatable bonds is 2. The second-order valence-electron chi connectivity index (χ2n) is 4.45. The van der Waals surface area contributed by atoms with E-state index in [9.17, 15) is 5.11 Å². The first-order valence-electron chi connectivity index (χ1n) is 5.49. The van der Waals surface area contributed by atoms with Gasteiger partial charge in [0, 0.05) is 25.3 Å². The minimum Gasteiger partial charge on any atom is -0.398 e. The van der Waals surface area contributed by atoms with Gasteiger partial charge in [-0.3, -0.25) is 0 Å². The van der Waals surface area contributed by atoms with Crippen LogP contribution < -0.4 is 5.73 Å². The van der Waals surface area contributed by atoms with E-state index in [2.05, 4.69) is 4.90 Å². The Balaban J connectivity index is 2.19. The van der Waals surface area contributed by atoms with Crippen molar-refractivity contribution in [3.8, 4) is 0 Å². The average Bonchev–Trinajstić information content (AvgIpc) is 2.07. The molecule has 0 radical (unpaired) electrons. The van der Waals surface area contributed by atoms with Gasteiger partial charge in [-0.15, -0.1) is 0 Å². The van der Waals surface area contributed by atoms with E-state index in [0.717, 1.165) is 18.8 Å². The Morgan fingerprint density at radius 2 is 2.13 bits per heavy atom. The molecule has 1 saturated heterocycles. The summed E-state index contributed by atoms with van der Waals surface area (Å²) in [7, 11) is 0. The molecule has 0 saturated carbocycles. The zero-order valence-electron chi connectivity index (χ0n) is 9.35. The molecule has 4 heteroatoms. The summed E-state index contributed by atoms with van der Waals surface area (Å²) in [5, 5.41) is 9.87. The Labute approximate surface area is 90.7 Å². The third-order valence-electron chi connectivity index (χ3n) is 2.99. The lowest BCUT2D eigenvalue weighted by molar-refractivity contribution is 0.0409. The van der Waals surface area contributed by atoms with E-state index in [0.29, 0.717) is 5.70 Å². The molecule has 0 amide bonds. The van der Waals surface area contributed by atoms with Crippen LogP contribution in [0.2, 0.25) is 0 Å². The molecule has 0 aliphatic carbocycles. The summed E-state index contributed by atoms with van der Waals surface area (Å²) in [6, 6.07) is 0.253. The Bertz CT molecular complexity index is 305. The molecule has 0 aromatic carbocycles. The zero-order chi connectivity index (χ0) is 11.0. The SMILES string of the molecule is CC(C)N1C=C(N2CCC2)C=C(N)C1O. The first-order valence-corrected chi connectivity index (χ1v) is 5.49. The molecular weight excluding hydrogens is 190 g/mol. The molecule has 0 aromatic heterocycles. The van der Waals surface area contributed by atoms with E-state index in [1.165, 1.54) is 6.42 Å². The van der Waals surface area contributed by atoms with E-state index < -0.39 is 6.23 Å². The van der Waals surface area contributed by atoms with Crippen LogP contribution in [0, 0.1) is 0 Å². The second-order valence-corrected chi connectivity index (χ2v) is 4.45. The van der Waals surface area contributed by atoms with Crippen molar-refractivity contribution in [3.63, 3.8) is 0 Å². The lowest BCUT2D eigenvalue weighted by atomic mass is 10.1. The largest absolute Gasteiger partial charge is 0.398 e. The van der Waals surface area contributed by atoms with Gasteiger partial charge in [-0.2, -0.15) is 0 Å². The fraction of sp³-hybridized carbons (Fsp3) is 0.636. The first-order chi connectivity index (χ1) is 7.09. The van der Waals surface area contributed by atoms with E-state index in [1.54, 1.807) is 0 Å². The number of allylic oxidation sites excluding steroid dienone is 1. The number of nitrogens with zero attached hydrogens (tertiary/aromatic N) is 2. The molecule has 1 unspecified atom stereocenters.